The lowest BCUT2D eigenvalue weighted by Crippen LogP contribution is -2.35. The van der Waals surface area contributed by atoms with E-state index < -0.39 is 0 Å². The van der Waals surface area contributed by atoms with Crippen LogP contribution in [0.3, 0.4) is 0 Å². The van der Waals surface area contributed by atoms with Crippen LogP contribution in [0.5, 0.6) is 5.75 Å². The third-order valence-corrected chi connectivity index (χ3v) is 7.86. The standard InChI is InChI=1S/C22H18Br2ClNO3S2/c23-16-8-13(9-17(24)20(16)29-12-14-4-1-2-6-18(14)25)10-19-21(27)26(22(30)31-19)11-15-5-3-7-28-15/h1-2,4,6,8-10,15H,3,5,7,11-12H2/b19-10-/t15-/m0/s1. The van der Waals surface area contributed by atoms with Gasteiger partial charge in [-0.25, -0.2) is 0 Å². The van der Waals surface area contributed by atoms with Gasteiger partial charge in [-0.2, -0.15) is 0 Å². The number of hydrogen-bond donors (Lipinski definition) is 0. The van der Waals surface area contributed by atoms with Gasteiger partial charge in [-0.15, -0.1) is 0 Å². The minimum Gasteiger partial charge on any atom is -0.486 e. The smallest absolute Gasteiger partial charge is 0.266 e. The monoisotopic (exact) mass is 601 g/mol. The molecule has 2 heterocycles. The molecule has 0 N–H and O–H groups in total. The third-order valence-electron chi connectivity index (χ3n) is 4.93. The Morgan fingerprint density at radius 3 is 2.71 bits per heavy atom. The zero-order chi connectivity index (χ0) is 22.0. The lowest BCUT2D eigenvalue weighted by atomic mass is 10.2. The molecule has 2 aliphatic heterocycles. The van der Waals surface area contributed by atoms with Crippen LogP contribution >= 0.6 is 67.4 Å². The highest BCUT2D eigenvalue weighted by atomic mass is 79.9. The summed E-state index contributed by atoms with van der Waals surface area (Å²) >= 11 is 20.1. The Morgan fingerprint density at radius 2 is 2.03 bits per heavy atom. The fourth-order valence-electron chi connectivity index (χ4n) is 3.37. The van der Waals surface area contributed by atoms with E-state index in [1.54, 1.807) is 4.90 Å². The van der Waals surface area contributed by atoms with Gasteiger partial charge in [-0.05, 0) is 74.5 Å². The van der Waals surface area contributed by atoms with E-state index in [4.69, 9.17) is 33.3 Å². The number of benzene rings is 2. The first kappa shape index (κ1) is 23.3. The molecule has 0 radical (unpaired) electrons. The van der Waals surface area contributed by atoms with Gasteiger partial charge in [-0.1, -0.05) is 53.8 Å². The van der Waals surface area contributed by atoms with Crippen LogP contribution in [-0.2, 0) is 16.1 Å². The summed E-state index contributed by atoms with van der Waals surface area (Å²) < 4.78 is 13.8. The Kier molecular flexibility index (Phi) is 7.77. The molecule has 2 aliphatic rings. The van der Waals surface area contributed by atoms with Gasteiger partial charge in [-0.3, -0.25) is 9.69 Å². The molecule has 9 heteroatoms. The van der Waals surface area contributed by atoms with Gasteiger partial charge in [0.1, 0.15) is 16.7 Å². The van der Waals surface area contributed by atoms with Gasteiger partial charge in [0.2, 0.25) is 0 Å². The van der Waals surface area contributed by atoms with Crippen molar-refractivity contribution >= 4 is 83.7 Å². The number of hydrogen-bond acceptors (Lipinski definition) is 5. The van der Waals surface area contributed by atoms with Crippen molar-refractivity contribution in [1.29, 1.82) is 0 Å². The van der Waals surface area contributed by atoms with E-state index in [2.05, 4.69) is 31.9 Å². The molecule has 0 bridgehead atoms. The summed E-state index contributed by atoms with van der Waals surface area (Å²) in [6, 6.07) is 11.4. The fourth-order valence-corrected chi connectivity index (χ4v) is 6.28. The van der Waals surface area contributed by atoms with Crippen LogP contribution in [-0.4, -0.2) is 34.4 Å². The largest absolute Gasteiger partial charge is 0.486 e. The van der Waals surface area contributed by atoms with E-state index in [-0.39, 0.29) is 12.0 Å². The molecule has 0 unspecified atom stereocenters. The number of ether oxygens (including phenoxy) is 2. The Labute approximate surface area is 212 Å². The minimum atomic E-state index is -0.0724. The van der Waals surface area contributed by atoms with E-state index in [0.29, 0.717) is 33.1 Å². The molecule has 162 valence electrons. The van der Waals surface area contributed by atoms with Crippen molar-refractivity contribution in [1.82, 2.24) is 4.90 Å². The molecule has 2 aromatic carbocycles. The molecule has 4 rings (SSSR count). The first-order chi connectivity index (χ1) is 14.9. The van der Waals surface area contributed by atoms with Crippen LogP contribution in [0, 0.1) is 0 Å². The van der Waals surface area contributed by atoms with Crippen LogP contribution in [0.2, 0.25) is 5.02 Å². The van der Waals surface area contributed by atoms with Crippen molar-refractivity contribution in [3.8, 4) is 5.75 Å². The van der Waals surface area contributed by atoms with Crippen LogP contribution in [0.15, 0.2) is 50.2 Å². The van der Waals surface area contributed by atoms with E-state index in [1.807, 2.05) is 42.5 Å². The van der Waals surface area contributed by atoms with Crippen LogP contribution < -0.4 is 4.74 Å². The Morgan fingerprint density at radius 1 is 1.29 bits per heavy atom. The predicted molar refractivity (Wildman–Crippen MR) is 136 cm³/mol. The zero-order valence-electron chi connectivity index (χ0n) is 16.3. The molecular formula is C22H18Br2ClNO3S2. The van der Waals surface area contributed by atoms with E-state index in [1.165, 1.54) is 11.8 Å². The maximum Gasteiger partial charge on any atom is 0.266 e. The maximum atomic E-state index is 12.9. The molecule has 1 atom stereocenters. The van der Waals surface area contributed by atoms with E-state index in [9.17, 15) is 4.79 Å². The second-order valence-electron chi connectivity index (χ2n) is 7.12. The number of carbonyl (C=O) groups is 1. The zero-order valence-corrected chi connectivity index (χ0v) is 21.8. The molecule has 31 heavy (non-hydrogen) atoms. The second-order valence-corrected chi connectivity index (χ2v) is 10.9. The maximum absolute atomic E-state index is 12.9. The molecule has 4 nitrogen and oxygen atoms in total. The molecule has 0 spiro atoms. The summed E-state index contributed by atoms with van der Waals surface area (Å²) in [4.78, 5) is 15.1. The summed E-state index contributed by atoms with van der Waals surface area (Å²) in [5.74, 6) is 0.597. The van der Waals surface area contributed by atoms with E-state index in [0.717, 1.165) is 39.5 Å². The number of carbonyl (C=O) groups excluding carboxylic acids is 1. The molecule has 0 aliphatic carbocycles. The molecule has 2 aromatic rings. The minimum absolute atomic E-state index is 0.0692. The third kappa shape index (κ3) is 5.54. The quantitative estimate of drug-likeness (QED) is 0.268. The Bertz CT molecular complexity index is 1030. The molecule has 1 amide bonds. The van der Waals surface area contributed by atoms with Gasteiger partial charge >= 0.3 is 0 Å². The average Bonchev–Trinajstić information content (AvgIpc) is 3.33. The van der Waals surface area contributed by atoms with Crippen molar-refractivity contribution in [2.45, 2.75) is 25.6 Å². The SMILES string of the molecule is O=C1/C(=C/c2cc(Br)c(OCc3ccccc3Cl)c(Br)c2)SC(=S)N1C[C@@H]1CCCO1. The van der Waals surface area contributed by atoms with Crippen LogP contribution in [0.1, 0.15) is 24.0 Å². The van der Waals surface area contributed by atoms with Crippen molar-refractivity contribution in [2.75, 3.05) is 13.2 Å². The Hall–Kier alpha value is -0.900. The molecule has 2 saturated heterocycles. The van der Waals surface area contributed by atoms with Crippen molar-refractivity contribution in [3.05, 3.63) is 66.4 Å². The number of thiocarbonyl (C=S) groups is 1. The summed E-state index contributed by atoms with van der Waals surface area (Å²) in [5.41, 5.74) is 1.77. The van der Waals surface area contributed by atoms with Crippen LogP contribution in [0.4, 0.5) is 0 Å². The van der Waals surface area contributed by atoms with Gasteiger partial charge in [0, 0.05) is 17.2 Å². The van der Waals surface area contributed by atoms with Gasteiger partial charge < -0.3 is 9.47 Å². The van der Waals surface area contributed by atoms with Crippen molar-refractivity contribution < 1.29 is 14.3 Å². The number of halogens is 3. The molecule has 0 aromatic heterocycles. The highest BCUT2D eigenvalue weighted by molar-refractivity contribution is 9.11. The molecular weight excluding hydrogens is 586 g/mol. The lowest BCUT2D eigenvalue weighted by molar-refractivity contribution is -0.123. The summed E-state index contributed by atoms with van der Waals surface area (Å²) in [6.07, 6.45) is 3.91. The number of rotatable bonds is 6. The second kappa shape index (κ2) is 10.4. The van der Waals surface area contributed by atoms with Crippen molar-refractivity contribution in [3.63, 3.8) is 0 Å². The fraction of sp³-hybridized carbons (Fsp3) is 0.273. The van der Waals surface area contributed by atoms with Crippen LogP contribution in [0.25, 0.3) is 6.08 Å². The summed E-state index contributed by atoms with van der Waals surface area (Å²) in [5, 5.41) is 0.663. The molecule has 0 saturated carbocycles. The van der Waals surface area contributed by atoms with Gasteiger partial charge in [0.05, 0.1) is 26.5 Å². The number of nitrogens with zero attached hydrogens (tertiary/aromatic N) is 1. The lowest BCUT2D eigenvalue weighted by Gasteiger charge is -2.18. The highest BCUT2D eigenvalue weighted by Crippen LogP contribution is 2.38. The summed E-state index contributed by atoms with van der Waals surface area (Å²) in [7, 11) is 0. The molecule has 2 fully saturated rings. The summed E-state index contributed by atoms with van der Waals surface area (Å²) in [6.45, 7) is 1.62. The average molecular weight is 604 g/mol. The Balaban J connectivity index is 1.48. The van der Waals surface area contributed by atoms with Gasteiger partial charge in [0.15, 0.2) is 0 Å². The van der Waals surface area contributed by atoms with Crippen molar-refractivity contribution in [2.24, 2.45) is 0 Å². The number of thioether (sulfide) groups is 1. The topological polar surface area (TPSA) is 38.8 Å². The predicted octanol–water partition coefficient (Wildman–Crippen LogP) is 6.82. The normalized spacial score (nSPS) is 20.2. The first-order valence-electron chi connectivity index (χ1n) is 9.64. The van der Waals surface area contributed by atoms with E-state index >= 15 is 0 Å². The highest BCUT2D eigenvalue weighted by Gasteiger charge is 2.34. The van der Waals surface area contributed by atoms with Gasteiger partial charge in [0.25, 0.3) is 5.91 Å². The first-order valence-corrected chi connectivity index (χ1v) is 12.8. The number of amides is 1.